The number of nitrogens with zero attached hydrogens (tertiary/aromatic N) is 5. The van der Waals surface area contributed by atoms with Crippen LogP contribution in [0.25, 0.3) is 10.4 Å². The van der Waals surface area contributed by atoms with E-state index >= 15 is 0 Å². The van der Waals surface area contributed by atoms with Gasteiger partial charge in [-0.2, -0.15) is 13.0 Å². The minimum Gasteiger partial charge on any atom is -0.507 e. The third-order valence-electron chi connectivity index (χ3n) is 14.3. The van der Waals surface area contributed by atoms with Crippen molar-refractivity contribution in [1.82, 2.24) is 10.6 Å². The molecule has 0 aromatic heterocycles. The molecule has 3 aromatic rings. The molecule has 0 radical (unpaired) electrons. The van der Waals surface area contributed by atoms with Crippen molar-refractivity contribution in [3.63, 3.8) is 0 Å². The number of phenolic OH excluding ortho intramolecular Hbond substituents is 1. The van der Waals surface area contributed by atoms with Gasteiger partial charge in [-0.3, -0.25) is 14.1 Å². The number of benzene rings is 3. The number of hydrogen-bond donors (Lipinski definition) is 4. The minimum atomic E-state index is -4.40. The Labute approximate surface area is 419 Å². The molecule has 1 atom stereocenters. The predicted molar refractivity (Wildman–Crippen MR) is 280 cm³/mol. The number of allylic oxidation sites excluding steroid dienone is 8. The Hall–Kier alpha value is -6.19. The number of azide groups is 1. The fraction of sp³-hybridized carbons (Fsp3) is 0.473. The van der Waals surface area contributed by atoms with Crippen LogP contribution in [0.5, 0.6) is 11.5 Å². The summed E-state index contributed by atoms with van der Waals surface area (Å²) in [5.74, 6) is 0.756. The molecule has 0 bridgehead atoms. The number of phenols is 1. The van der Waals surface area contributed by atoms with Gasteiger partial charge in [-0.05, 0) is 126 Å². The highest BCUT2D eigenvalue weighted by Gasteiger charge is 2.45. The summed E-state index contributed by atoms with van der Waals surface area (Å²) in [6, 6.07) is 11.3. The second-order valence-corrected chi connectivity index (χ2v) is 21.4. The van der Waals surface area contributed by atoms with E-state index in [4.69, 9.17) is 15.0 Å². The number of rotatable bonds is 22. The van der Waals surface area contributed by atoms with Gasteiger partial charge in [0, 0.05) is 90.4 Å². The van der Waals surface area contributed by atoms with Crippen LogP contribution >= 0.6 is 0 Å². The number of aryl methyl sites for hydroxylation is 1. The van der Waals surface area contributed by atoms with E-state index < -0.39 is 21.1 Å². The van der Waals surface area contributed by atoms with Crippen LogP contribution in [0.3, 0.4) is 0 Å². The lowest BCUT2D eigenvalue weighted by Gasteiger charge is -2.36. The Morgan fingerprint density at radius 2 is 1.63 bits per heavy atom. The second-order valence-electron chi connectivity index (χ2n) is 20.0. The first-order valence-electron chi connectivity index (χ1n) is 24.7. The van der Waals surface area contributed by atoms with Crippen LogP contribution < -0.4 is 20.3 Å². The zero-order valence-corrected chi connectivity index (χ0v) is 43.7. The number of fused-ring (bicyclic) bond motifs is 3. The van der Waals surface area contributed by atoms with E-state index in [1.54, 1.807) is 12.1 Å². The van der Waals surface area contributed by atoms with Gasteiger partial charge in [0.1, 0.15) is 18.0 Å². The van der Waals surface area contributed by atoms with Gasteiger partial charge in [0.25, 0.3) is 16.0 Å². The summed E-state index contributed by atoms with van der Waals surface area (Å²) in [6.07, 6.45) is 18.6. The fourth-order valence-electron chi connectivity index (χ4n) is 9.90. The molecule has 0 aliphatic carbocycles. The zero-order chi connectivity index (χ0) is 51.7. The zero-order valence-electron chi connectivity index (χ0n) is 42.9. The molecule has 15 nitrogen and oxygen atoms in total. The molecule has 3 aliphatic rings. The van der Waals surface area contributed by atoms with E-state index in [1.807, 2.05) is 78.0 Å². The largest absolute Gasteiger partial charge is 0.507 e. The number of nitrogens with one attached hydrogen (secondary N) is 2. The van der Waals surface area contributed by atoms with Gasteiger partial charge in [-0.1, -0.05) is 67.0 Å². The molecule has 6 rings (SSSR count). The van der Waals surface area contributed by atoms with Gasteiger partial charge < -0.3 is 30.1 Å². The molecule has 380 valence electrons. The lowest BCUT2D eigenvalue weighted by molar-refractivity contribution is -0.438. The summed E-state index contributed by atoms with van der Waals surface area (Å²) in [6.45, 7) is 21.4. The number of ether oxygens (including phenoxy) is 2. The topological polar surface area (TPSA) is 206 Å². The number of hydrogen-bond acceptors (Lipinski definition) is 9. The van der Waals surface area contributed by atoms with Crippen molar-refractivity contribution >= 4 is 39.0 Å². The van der Waals surface area contributed by atoms with Crippen molar-refractivity contribution in [2.75, 3.05) is 50.8 Å². The smallest absolute Gasteiger partial charge is 0.294 e. The lowest BCUT2D eigenvalue weighted by atomic mass is 9.81. The minimum absolute atomic E-state index is 0.0357. The number of aromatic hydroxyl groups is 1. The molecule has 0 spiro atoms. The van der Waals surface area contributed by atoms with Gasteiger partial charge in [0.05, 0.1) is 23.5 Å². The maximum Gasteiger partial charge on any atom is 0.294 e. The van der Waals surface area contributed by atoms with Crippen LogP contribution in [0.15, 0.2) is 94.6 Å². The van der Waals surface area contributed by atoms with Gasteiger partial charge in [0.2, 0.25) is 11.6 Å². The average Bonchev–Trinajstić information content (AvgIpc) is 3.66. The first-order chi connectivity index (χ1) is 33.6. The summed E-state index contributed by atoms with van der Waals surface area (Å²) in [5.41, 5.74) is 17.3. The highest BCUT2D eigenvalue weighted by Crippen LogP contribution is 2.48. The Balaban J connectivity index is 1.08. The Bertz CT molecular complexity index is 2840. The van der Waals surface area contributed by atoms with E-state index in [-0.39, 0.29) is 27.9 Å². The third kappa shape index (κ3) is 12.3. The molecule has 71 heavy (non-hydrogen) atoms. The van der Waals surface area contributed by atoms with Gasteiger partial charge in [-0.25, -0.2) is 0 Å². The summed E-state index contributed by atoms with van der Waals surface area (Å²) < 4.78 is 48.9. The van der Waals surface area contributed by atoms with Gasteiger partial charge in [-0.15, -0.1) is 0 Å². The normalized spacial score (nSPS) is 18.5. The van der Waals surface area contributed by atoms with Crippen molar-refractivity contribution in [2.24, 2.45) is 5.11 Å². The van der Waals surface area contributed by atoms with Crippen molar-refractivity contribution < 1.29 is 41.7 Å². The van der Waals surface area contributed by atoms with E-state index in [1.165, 1.54) is 17.2 Å². The standard InChI is InChI=1S/C55H71N7O8S/c1-37-22-24-45-43(35-37)53(5,6)48(62(45)32-34-69-33-30-58-52(65)55(9)27-26-42-40(4)50(64)38(2)39(3)51(42)70-55)20-15-12-10-11-14-19-47-54(7,8)44-36-41(71(66,67)68)23-25-46(44)61(47)31-17-13-16-21-49(63)57-28-18-29-59-60-56/h10-12,14-15,19-20,22-25,35-36H,13,16-18,21,26-34H2,1-9H3,(H3-,57,58,63,64,65,66,67,68)/p+1. The number of anilines is 1. The number of carbonyl (C=O) groups excluding carboxylic acids is 2. The van der Waals surface area contributed by atoms with Crippen LogP contribution in [0.4, 0.5) is 11.4 Å². The average molecular weight is 991 g/mol. The van der Waals surface area contributed by atoms with Crippen molar-refractivity contribution in [1.29, 1.82) is 0 Å². The maximum atomic E-state index is 13.5. The molecule has 3 heterocycles. The Kier molecular flexibility index (Phi) is 17.5. The van der Waals surface area contributed by atoms with Crippen LogP contribution in [0.1, 0.15) is 112 Å². The van der Waals surface area contributed by atoms with E-state index in [2.05, 4.69) is 75.2 Å². The summed E-state index contributed by atoms with van der Waals surface area (Å²) in [4.78, 5) is 30.7. The first-order valence-corrected chi connectivity index (χ1v) is 26.1. The molecule has 0 saturated carbocycles. The van der Waals surface area contributed by atoms with Crippen LogP contribution in [-0.4, -0.2) is 91.7 Å². The van der Waals surface area contributed by atoms with E-state index in [0.29, 0.717) is 83.8 Å². The molecule has 3 aromatic carbocycles. The molecule has 0 saturated heterocycles. The molecule has 2 amide bonds. The van der Waals surface area contributed by atoms with Crippen LogP contribution in [0.2, 0.25) is 0 Å². The van der Waals surface area contributed by atoms with E-state index in [0.717, 1.165) is 63.4 Å². The van der Waals surface area contributed by atoms with Gasteiger partial charge in [0.15, 0.2) is 11.3 Å². The summed E-state index contributed by atoms with van der Waals surface area (Å²) in [5, 5.41) is 19.9. The number of amides is 2. The molecule has 1 unspecified atom stereocenters. The molecule has 16 heteroatoms. The summed E-state index contributed by atoms with van der Waals surface area (Å²) in [7, 11) is -4.40. The highest BCUT2D eigenvalue weighted by atomic mass is 32.2. The summed E-state index contributed by atoms with van der Waals surface area (Å²) >= 11 is 0. The SMILES string of the molecule is Cc1ccc2c(c1)C(C)(C)C(=CC=CC=CC=CC1=[N+](CCCCCC(=O)NCCCN=[N+]=[N-])c3ccc(S(=O)(=O)O)cc3C1(C)C)N2CCOCCNC(=O)C1(C)CCc2c(C)c(O)c(C)c(C)c2O1. The maximum absolute atomic E-state index is 13.5. The van der Waals surface area contributed by atoms with Gasteiger partial charge >= 0.3 is 0 Å². The Morgan fingerprint density at radius 1 is 0.887 bits per heavy atom. The Morgan fingerprint density at radius 3 is 2.38 bits per heavy atom. The molecule has 3 aliphatic heterocycles. The first kappa shape index (κ1) is 54.1. The van der Waals surface area contributed by atoms with Crippen LogP contribution in [0, 0.1) is 27.7 Å². The lowest BCUT2D eigenvalue weighted by Crippen LogP contribution is -2.51. The third-order valence-corrected chi connectivity index (χ3v) is 15.1. The van der Waals surface area contributed by atoms with E-state index in [9.17, 15) is 27.7 Å². The molecular weight excluding hydrogens is 919 g/mol. The van der Waals surface area contributed by atoms with Crippen molar-refractivity contribution in [3.8, 4) is 11.5 Å². The fourth-order valence-corrected chi connectivity index (χ4v) is 10.4. The quantitative estimate of drug-likeness (QED) is 0.0144. The van der Waals surface area contributed by atoms with Crippen molar-refractivity contribution in [3.05, 3.63) is 134 Å². The highest BCUT2D eigenvalue weighted by molar-refractivity contribution is 7.85. The number of unbranched alkanes of at least 4 members (excludes halogenated alkanes) is 2. The molecular formula is C55H72N7O8S+. The monoisotopic (exact) mass is 991 g/mol. The van der Waals surface area contributed by atoms with Crippen molar-refractivity contribution in [2.45, 2.75) is 129 Å². The second kappa shape index (κ2) is 22.9. The molecule has 4 N–H and O–H groups in total. The number of carbonyl (C=O) groups is 2. The van der Waals surface area contributed by atoms with Crippen LogP contribution in [-0.2, 0) is 41.7 Å². The molecule has 0 fully saturated rings. The predicted octanol–water partition coefficient (Wildman–Crippen LogP) is 9.89.